The van der Waals surface area contributed by atoms with Gasteiger partial charge in [0.2, 0.25) is 0 Å². The van der Waals surface area contributed by atoms with Crippen molar-refractivity contribution in [2.24, 2.45) is 5.73 Å². The smallest absolute Gasteiger partial charge is 0.254 e. The number of amides is 1. The number of amidine groups is 1. The van der Waals surface area contributed by atoms with Crippen LogP contribution < -0.4 is 15.8 Å². The van der Waals surface area contributed by atoms with Gasteiger partial charge in [-0.15, -0.1) is 12.4 Å². The minimum absolute atomic E-state index is 0. The molecule has 0 saturated carbocycles. The lowest BCUT2D eigenvalue weighted by atomic mass is 10.0. The maximum absolute atomic E-state index is 12.6. The highest BCUT2D eigenvalue weighted by atomic mass is 35.5. The summed E-state index contributed by atoms with van der Waals surface area (Å²) in [6.45, 7) is 0.363. The van der Waals surface area contributed by atoms with Crippen molar-refractivity contribution in [3.05, 3.63) is 77.4 Å². The van der Waals surface area contributed by atoms with Gasteiger partial charge in [-0.25, -0.2) is 0 Å². The molecule has 6 nitrogen and oxygen atoms in total. The van der Waals surface area contributed by atoms with Gasteiger partial charge in [0.25, 0.3) is 5.91 Å². The molecule has 152 valence electrons. The van der Waals surface area contributed by atoms with Crippen LogP contribution in [0.1, 0.15) is 22.8 Å². The molecule has 0 radical (unpaired) electrons. The van der Waals surface area contributed by atoms with Crippen molar-refractivity contribution >= 4 is 34.9 Å². The standard InChI is InChI=1S/C22H23N3O3.ClH/c1-27-19-10-9-16-11-18(8-7-17(16)12-19)20(28-2)22(26)25-13-14-3-5-15(6-4-14)21(23)24;/h3-12,20H,13H2,1-2H3,(H3,23,24)(H,25,26);1H/t20-;/m0./s1. The van der Waals surface area contributed by atoms with Crippen LogP contribution in [0.5, 0.6) is 5.75 Å². The van der Waals surface area contributed by atoms with E-state index in [2.05, 4.69) is 5.32 Å². The van der Waals surface area contributed by atoms with Crippen LogP contribution in [0.4, 0.5) is 0 Å². The first kappa shape index (κ1) is 22.2. The Hall–Kier alpha value is -3.09. The van der Waals surface area contributed by atoms with Crippen molar-refractivity contribution in [3.8, 4) is 5.75 Å². The molecule has 0 aliphatic carbocycles. The number of fused-ring (bicyclic) bond motifs is 1. The summed E-state index contributed by atoms with van der Waals surface area (Å²) in [6.07, 6.45) is -0.706. The Morgan fingerprint density at radius 3 is 2.31 bits per heavy atom. The number of nitrogens with one attached hydrogen (secondary N) is 2. The number of ether oxygens (including phenoxy) is 2. The van der Waals surface area contributed by atoms with Crippen LogP contribution >= 0.6 is 12.4 Å². The molecule has 0 unspecified atom stereocenters. The van der Waals surface area contributed by atoms with E-state index in [1.54, 1.807) is 19.2 Å². The van der Waals surface area contributed by atoms with Crippen LogP contribution in [-0.4, -0.2) is 26.0 Å². The Morgan fingerprint density at radius 1 is 1.03 bits per heavy atom. The third-order valence-electron chi connectivity index (χ3n) is 4.58. The number of hydrogen-bond acceptors (Lipinski definition) is 4. The summed E-state index contributed by atoms with van der Waals surface area (Å²) >= 11 is 0. The zero-order valence-corrected chi connectivity index (χ0v) is 17.1. The summed E-state index contributed by atoms with van der Waals surface area (Å²) in [5.74, 6) is 0.590. The molecule has 3 aromatic rings. The molecule has 0 saturated heterocycles. The number of carbonyl (C=O) groups excluding carboxylic acids is 1. The van der Waals surface area contributed by atoms with E-state index < -0.39 is 6.10 Å². The van der Waals surface area contributed by atoms with Gasteiger partial charge >= 0.3 is 0 Å². The van der Waals surface area contributed by atoms with Gasteiger partial charge in [0, 0.05) is 19.2 Å². The van der Waals surface area contributed by atoms with Gasteiger partial charge in [-0.2, -0.15) is 0 Å². The van der Waals surface area contributed by atoms with E-state index in [1.807, 2.05) is 48.5 Å². The Bertz CT molecular complexity index is 1010. The van der Waals surface area contributed by atoms with E-state index in [-0.39, 0.29) is 24.1 Å². The van der Waals surface area contributed by atoms with Crippen LogP contribution in [0.15, 0.2) is 60.7 Å². The quantitative estimate of drug-likeness (QED) is 0.407. The lowest BCUT2D eigenvalue weighted by Gasteiger charge is -2.16. The van der Waals surface area contributed by atoms with E-state index in [0.29, 0.717) is 12.1 Å². The first-order valence-corrected chi connectivity index (χ1v) is 8.83. The topological polar surface area (TPSA) is 97.4 Å². The van der Waals surface area contributed by atoms with Crippen molar-refractivity contribution in [1.82, 2.24) is 5.32 Å². The van der Waals surface area contributed by atoms with Crippen LogP contribution in [0.2, 0.25) is 0 Å². The molecule has 29 heavy (non-hydrogen) atoms. The van der Waals surface area contributed by atoms with Crippen molar-refractivity contribution in [2.45, 2.75) is 12.6 Å². The van der Waals surface area contributed by atoms with Gasteiger partial charge in [-0.05, 0) is 40.1 Å². The van der Waals surface area contributed by atoms with Crippen LogP contribution in [0.25, 0.3) is 10.8 Å². The van der Waals surface area contributed by atoms with Crippen molar-refractivity contribution in [1.29, 1.82) is 5.41 Å². The van der Waals surface area contributed by atoms with Gasteiger partial charge in [-0.3, -0.25) is 10.2 Å². The number of hydrogen-bond donors (Lipinski definition) is 3. The predicted octanol–water partition coefficient (Wildman–Crippen LogP) is 3.56. The molecule has 0 aliphatic heterocycles. The lowest BCUT2D eigenvalue weighted by molar-refractivity contribution is -0.131. The third-order valence-corrected chi connectivity index (χ3v) is 4.58. The second-order valence-electron chi connectivity index (χ2n) is 6.42. The Labute approximate surface area is 175 Å². The molecule has 0 bridgehead atoms. The van der Waals surface area contributed by atoms with Crippen molar-refractivity contribution in [2.75, 3.05) is 14.2 Å². The largest absolute Gasteiger partial charge is 0.497 e. The molecule has 3 rings (SSSR count). The van der Waals surface area contributed by atoms with Gasteiger partial charge < -0.3 is 20.5 Å². The number of rotatable bonds is 7. The highest BCUT2D eigenvalue weighted by Gasteiger charge is 2.20. The zero-order chi connectivity index (χ0) is 20.1. The van der Waals surface area contributed by atoms with E-state index in [1.165, 1.54) is 7.11 Å². The minimum Gasteiger partial charge on any atom is -0.497 e. The van der Waals surface area contributed by atoms with Crippen molar-refractivity contribution in [3.63, 3.8) is 0 Å². The number of nitrogen functional groups attached to an aromatic ring is 1. The Balaban J connectivity index is 0.00000300. The number of methoxy groups -OCH3 is 2. The van der Waals surface area contributed by atoms with Gasteiger partial charge in [0.1, 0.15) is 11.6 Å². The summed E-state index contributed by atoms with van der Waals surface area (Å²) in [5.41, 5.74) is 7.80. The first-order chi connectivity index (χ1) is 13.5. The molecule has 0 heterocycles. The molecule has 0 fully saturated rings. The lowest BCUT2D eigenvalue weighted by Crippen LogP contribution is -2.30. The second kappa shape index (κ2) is 9.91. The molecule has 4 N–H and O–H groups in total. The average molecular weight is 414 g/mol. The van der Waals surface area contributed by atoms with Crippen LogP contribution in [0, 0.1) is 5.41 Å². The van der Waals surface area contributed by atoms with E-state index >= 15 is 0 Å². The molecule has 1 atom stereocenters. The molecule has 7 heteroatoms. The number of nitrogens with two attached hydrogens (primary N) is 1. The maximum Gasteiger partial charge on any atom is 0.254 e. The summed E-state index contributed by atoms with van der Waals surface area (Å²) < 4.78 is 10.7. The summed E-state index contributed by atoms with van der Waals surface area (Å²) in [7, 11) is 3.15. The highest BCUT2D eigenvalue weighted by Crippen LogP contribution is 2.26. The molecule has 0 aliphatic rings. The molecule has 1 amide bonds. The Kier molecular flexibility index (Phi) is 7.59. The average Bonchev–Trinajstić information content (AvgIpc) is 2.72. The van der Waals surface area contributed by atoms with Gasteiger partial charge in [0.15, 0.2) is 6.10 Å². The Morgan fingerprint density at radius 2 is 1.69 bits per heavy atom. The summed E-state index contributed by atoms with van der Waals surface area (Å²) in [5, 5.41) is 12.4. The monoisotopic (exact) mass is 413 g/mol. The van der Waals surface area contributed by atoms with Crippen LogP contribution in [0.3, 0.4) is 0 Å². The minimum atomic E-state index is -0.706. The van der Waals surface area contributed by atoms with Gasteiger partial charge in [0.05, 0.1) is 7.11 Å². The molecule has 0 aromatic heterocycles. The normalized spacial score (nSPS) is 11.4. The van der Waals surface area contributed by atoms with E-state index in [4.69, 9.17) is 20.6 Å². The third kappa shape index (κ3) is 5.25. The van der Waals surface area contributed by atoms with Crippen molar-refractivity contribution < 1.29 is 14.3 Å². The number of carbonyl (C=O) groups is 1. The predicted molar refractivity (Wildman–Crippen MR) is 117 cm³/mol. The van der Waals surface area contributed by atoms with Gasteiger partial charge in [-0.1, -0.05) is 42.5 Å². The fraction of sp³-hybridized carbons (Fsp3) is 0.182. The molecule has 0 spiro atoms. The highest BCUT2D eigenvalue weighted by molar-refractivity contribution is 5.95. The number of benzene rings is 3. The van der Waals surface area contributed by atoms with Crippen LogP contribution in [-0.2, 0) is 16.1 Å². The first-order valence-electron chi connectivity index (χ1n) is 8.83. The SMILES string of the molecule is COc1ccc2cc([C@H](OC)C(=O)NCc3ccc(C(=N)N)cc3)ccc2c1.Cl. The zero-order valence-electron chi connectivity index (χ0n) is 16.3. The molecular weight excluding hydrogens is 390 g/mol. The second-order valence-corrected chi connectivity index (χ2v) is 6.42. The fourth-order valence-electron chi connectivity index (χ4n) is 3.01. The summed E-state index contributed by atoms with van der Waals surface area (Å²) in [6, 6.07) is 18.8. The summed E-state index contributed by atoms with van der Waals surface area (Å²) in [4.78, 5) is 12.6. The molecule has 3 aromatic carbocycles. The fourth-order valence-corrected chi connectivity index (χ4v) is 3.01. The van der Waals surface area contributed by atoms with E-state index in [0.717, 1.165) is 27.6 Å². The number of halogens is 1. The maximum atomic E-state index is 12.6. The van der Waals surface area contributed by atoms with E-state index in [9.17, 15) is 4.79 Å². The molecular formula is C22H24ClN3O3.